The second-order valence-electron chi connectivity index (χ2n) is 7.44. The summed E-state index contributed by atoms with van der Waals surface area (Å²) in [5, 5.41) is 0. The molecule has 0 bridgehead atoms. The van der Waals surface area contributed by atoms with Gasteiger partial charge in [0.25, 0.3) is 0 Å². The van der Waals surface area contributed by atoms with Gasteiger partial charge in [0.1, 0.15) is 13.2 Å². The van der Waals surface area contributed by atoms with Gasteiger partial charge in [-0.3, -0.25) is 4.79 Å². The number of hydrogen-bond donors (Lipinski definition) is 0. The number of fused-ring (bicyclic) bond motifs is 1. The van der Waals surface area contributed by atoms with E-state index in [1.165, 1.54) is 23.2 Å². The topological polar surface area (TPSA) is 76.2 Å². The van der Waals surface area contributed by atoms with Crippen molar-refractivity contribution in [1.82, 2.24) is 9.21 Å². The van der Waals surface area contributed by atoms with Crippen LogP contribution in [0.15, 0.2) is 23.1 Å². The Bertz CT molecular complexity index is 796. The molecule has 1 saturated heterocycles. The van der Waals surface area contributed by atoms with Gasteiger partial charge in [0.15, 0.2) is 11.5 Å². The second kappa shape index (κ2) is 7.67. The average Bonchev–Trinajstić information content (AvgIpc) is 3.20. The summed E-state index contributed by atoms with van der Waals surface area (Å²) in [5.41, 5.74) is 0. The number of piperazine rings is 1. The smallest absolute Gasteiger partial charge is 0.243 e. The molecule has 0 N–H and O–H groups in total. The quantitative estimate of drug-likeness (QED) is 0.779. The molecule has 2 fully saturated rings. The van der Waals surface area contributed by atoms with E-state index in [0.717, 1.165) is 12.8 Å². The lowest BCUT2D eigenvalue weighted by Gasteiger charge is -2.34. The van der Waals surface area contributed by atoms with Gasteiger partial charge < -0.3 is 14.4 Å². The van der Waals surface area contributed by atoms with Crippen LogP contribution in [-0.4, -0.2) is 62.9 Å². The van der Waals surface area contributed by atoms with Crippen LogP contribution in [0.5, 0.6) is 11.5 Å². The Kier molecular flexibility index (Phi) is 5.27. The van der Waals surface area contributed by atoms with Crippen LogP contribution in [-0.2, 0) is 14.8 Å². The second-order valence-corrected chi connectivity index (χ2v) is 9.38. The summed E-state index contributed by atoms with van der Waals surface area (Å²) in [6, 6.07) is 4.73. The van der Waals surface area contributed by atoms with Gasteiger partial charge in [-0.1, -0.05) is 12.8 Å². The first-order valence-corrected chi connectivity index (χ1v) is 11.2. The zero-order valence-electron chi connectivity index (χ0n) is 15.4. The number of sulfonamides is 1. The molecule has 3 aliphatic rings. The van der Waals surface area contributed by atoms with Crippen molar-refractivity contribution in [3.8, 4) is 11.5 Å². The number of rotatable bonds is 4. The van der Waals surface area contributed by atoms with Crippen LogP contribution in [0.2, 0.25) is 0 Å². The first-order chi connectivity index (χ1) is 13.0. The van der Waals surface area contributed by atoms with Crippen molar-refractivity contribution in [1.29, 1.82) is 0 Å². The van der Waals surface area contributed by atoms with E-state index >= 15 is 0 Å². The van der Waals surface area contributed by atoms with Gasteiger partial charge in [-0.15, -0.1) is 0 Å². The monoisotopic (exact) mass is 394 g/mol. The molecule has 27 heavy (non-hydrogen) atoms. The van der Waals surface area contributed by atoms with Crippen molar-refractivity contribution >= 4 is 15.9 Å². The van der Waals surface area contributed by atoms with E-state index in [4.69, 9.17) is 9.47 Å². The molecule has 0 atom stereocenters. The fourth-order valence-corrected chi connectivity index (χ4v) is 5.54. The molecule has 2 heterocycles. The molecule has 1 aromatic rings. The minimum atomic E-state index is -3.61. The van der Waals surface area contributed by atoms with Gasteiger partial charge >= 0.3 is 0 Å². The third kappa shape index (κ3) is 3.91. The number of benzene rings is 1. The van der Waals surface area contributed by atoms with Crippen molar-refractivity contribution in [2.24, 2.45) is 5.92 Å². The van der Waals surface area contributed by atoms with Crippen LogP contribution in [0.25, 0.3) is 0 Å². The molecule has 2 aliphatic heterocycles. The Morgan fingerprint density at radius 3 is 2.37 bits per heavy atom. The molecule has 0 aromatic heterocycles. The minimum Gasteiger partial charge on any atom is -0.486 e. The number of nitrogens with zero attached hydrogens (tertiary/aromatic N) is 2. The molecular formula is C19H26N2O5S. The van der Waals surface area contributed by atoms with Crippen molar-refractivity contribution in [3.05, 3.63) is 18.2 Å². The van der Waals surface area contributed by atoms with E-state index < -0.39 is 10.0 Å². The molecule has 8 heteroatoms. The zero-order chi connectivity index (χ0) is 18.9. The highest BCUT2D eigenvalue weighted by Crippen LogP contribution is 2.33. The van der Waals surface area contributed by atoms with Crippen LogP contribution in [0.1, 0.15) is 32.1 Å². The zero-order valence-corrected chi connectivity index (χ0v) is 16.2. The number of carbonyl (C=O) groups excluding carboxylic acids is 1. The molecule has 0 unspecified atom stereocenters. The summed E-state index contributed by atoms with van der Waals surface area (Å²) in [6.45, 7) is 2.44. The number of ether oxygens (including phenoxy) is 2. The van der Waals surface area contributed by atoms with Gasteiger partial charge in [-0.25, -0.2) is 8.42 Å². The summed E-state index contributed by atoms with van der Waals surface area (Å²) >= 11 is 0. The lowest BCUT2D eigenvalue weighted by atomic mass is 10.0. The highest BCUT2D eigenvalue weighted by molar-refractivity contribution is 7.89. The lowest BCUT2D eigenvalue weighted by Crippen LogP contribution is -2.50. The minimum absolute atomic E-state index is 0.165. The maximum absolute atomic E-state index is 13.0. The Balaban J connectivity index is 1.39. The predicted molar refractivity (Wildman–Crippen MR) is 99.3 cm³/mol. The molecule has 0 spiro atoms. The van der Waals surface area contributed by atoms with Crippen molar-refractivity contribution in [2.75, 3.05) is 39.4 Å². The van der Waals surface area contributed by atoms with E-state index in [-0.39, 0.29) is 10.8 Å². The highest BCUT2D eigenvalue weighted by Gasteiger charge is 2.32. The summed E-state index contributed by atoms with van der Waals surface area (Å²) in [7, 11) is -3.61. The maximum atomic E-state index is 13.0. The van der Waals surface area contributed by atoms with E-state index in [2.05, 4.69) is 0 Å². The maximum Gasteiger partial charge on any atom is 0.243 e. The molecule has 4 rings (SSSR count). The van der Waals surface area contributed by atoms with E-state index in [1.54, 1.807) is 12.1 Å². The van der Waals surface area contributed by atoms with Crippen LogP contribution in [0, 0.1) is 5.92 Å². The van der Waals surface area contributed by atoms with Crippen molar-refractivity contribution in [3.63, 3.8) is 0 Å². The normalized spacial score (nSPS) is 21.4. The van der Waals surface area contributed by atoms with Crippen LogP contribution in [0.4, 0.5) is 0 Å². The standard InChI is InChI=1S/C19H26N2O5S/c22-19(13-15-3-1-2-4-15)20-7-9-21(10-8-20)27(23,24)16-5-6-17-18(14-16)26-12-11-25-17/h5-6,14-15H,1-4,7-13H2. The third-order valence-electron chi connectivity index (χ3n) is 5.68. The van der Waals surface area contributed by atoms with E-state index in [0.29, 0.717) is 63.2 Å². The Morgan fingerprint density at radius 2 is 1.67 bits per heavy atom. The summed E-state index contributed by atoms with van der Waals surface area (Å²) in [5.74, 6) is 1.71. The molecule has 1 saturated carbocycles. The largest absolute Gasteiger partial charge is 0.486 e. The van der Waals surface area contributed by atoms with E-state index in [9.17, 15) is 13.2 Å². The van der Waals surface area contributed by atoms with Gasteiger partial charge in [-0.05, 0) is 30.9 Å². The molecule has 0 radical (unpaired) electrons. The van der Waals surface area contributed by atoms with Crippen molar-refractivity contribution in [2.45, 2.75) is 37.0 Å². The molecule has 1 amide bonds. The predicted octanol–water partition coefficient (Wildman–Crippen LogP) is 1.87. The fourth-order valence-electron chi connectivity index (χ4n) is 4.10. The van der Waals surface area contributed by atoms with Gasteiger partial charge in [0.05, 0.1) is 4.90 Å². The molecular weight excluding hydrogens is 368 g/mol. The first-order valence-electron chi connectivity index (χ1n) is 9.71. The van der Waals surface area contributed by atoms with Gasteiger partial charge in [0.2, 0.25) is 15.9 Å². The number of amides is 1. The van der Waals surface area contributed by atoms with Crippen LogP contribution < -0.4 is 9.47 Å². The number of hydrogen-bond acceptors (Lipinski definition) is 5. The van der Waals surface area contributed by atoms with Crippen molar-refractivity contribution < 1.29 is 22.7 Å². The molecule has 1 aromatic carbocycles. The number of carbonyl (C=O) groups is 1. The fraction of sp³-hybridized carbons (Fsp3) is 0.632. The Morgan fingerprint density at radius 1 is 1.00 bits per heavy atom. The Labute approximate surface area is 160 Å². The molecule has 1 aliphatic carbocycles. The first kappa shape index (κ1) is 18.6. The summed E-state index contributed by atoms with van der Waals surface area (Å²) < 4.78 is 38.3. The highest BCUT2D eigenvalue weighted by atomic mass is 32.2. The average molecular weight is 394 g/mol. The SMILES string of the molecule is O=C(CC1CCCC1)N1CCN(S(=O)(=O)c2ccc3c(c2)OCCO3)CC1. The van der Waals surface area contributed by atoms with Gasteiger partial charge in [-0.2, -0.15) is 4.31 Å². The Hall–Kier alpha value is -1.80. The van der Waals surface area contributed by atoms with Gasteiger partial charge in [0, 0.05) is 38.7 Å². The summed E-state index contributed by atoms with van der Waals surface area (Å²) in [6.07, 6.45) is 5.34. The summed E-state index contributed by atoms with van der Waals surface area (Å²) in [4.78, 5) is 14.5. The lowest BCUT2D eigenvalue weighted by molar-refractivity contribution is -0.133. The molecule has 7 nitrogen and oxygen atoms in total. The van der Waals surface area contributed by atoms with Crippen LogP contribution >= 0.6 is 0 Å². The molecule has 148 valence electrons. The van der Waals surface area contributed by atoms with E-state index in [1.807, 2.05) is 4.90 Å². The third-order valence-corrected chi connectivity index (χ3v) is 7.58. The van der Waals surface area contributed by atoms with Crippen LogP contribution in [0.3, 0.4) is 0 Å².